The molecule has 0 aliphatic heterocycles. The number of halogens is 1. The van der Waals surface area contributed by atoms with Crippen molar-refractivity contribution in [3.63, 3.8) is 0 Å². The molecule has 0 aromatic heterocycles. The van der Waals surface area contributed by atoms with Gasteiger partial charge in [-0.05, 0) is 19.1 Å². The summed E-state index contributed by atoms with van der Waals surface area (Å²) in [6.07, 6.45) is 0. The van der Waals surface area contributed by atoms with Crippen LogP contribution < -0.4 is 0 Å². The minimum Gasteiger partial charge on any atom is -0.378 e. The first kappa shape index (κ1) is 41.5. The molecule has 0 N–H and O–H groups in total. The van der Waals surface area contributed by atoms with Crippen molar-refractivity contribution < 1.29 is 60.0 Å². The fraction of sp³-hybridized carbons (Fsp3) is 0.793. The first-order valence-corrected chi connectivity index (χ1v) is 17.8. The molecule has 0 saturated heterocycles. The van der Waals surface area contributed by atoms with Gasteiger partial charge in [-0.25, -0.2) is 0 Å². The Balaban J connectivity index is 1.69. The van der Waals surface area contributed by atoms with Crippen LogP contribution >= 0.6 is 22.6 Å². The van der Waals surface area contributed by atoms with Crippen LogP contribution in [-0.4, -0.2) is 152 Å². The van der Waals surface area contributed by atoms with Crippen molar-refractivity contribution in [2.45, 2.75) is 11.8 Å². The van der Waals surface area contributed by atoms with E-state index < -0.39 is 10.1 Å². The second-order valence-corrected chi connectivity index (χ2v) is 11.6. The van der Waals surface area contributed by atoms with Crippen LogP contribution in [0.1, 0.15) is 5.56 Å². The smallest absolute Gasteiger partial charge is 0.297 e. The summed E-state index contributed by atoms with van der Waals surface area (Å²) in [5, 5.41) is 0. The molecule has 0 radical (unpaired) electrons. The van der Waals surface area contributed by atoms with Crippen LogP contribution in [0.3, 0.4) is 0 Å². The van der Waals surface area contributed by atoms with Crippen LogP contribution in [0.2, 0.25) is 0 Å². The minimum absolute atomic E-state index is 0.0571. The maximum absolute atomic E-state index is 12.1. The van der Waals surface area contributed by atoms with Crippen molar-refractivity contribution in [3.05, 3.63) is 29.8 Å². The standard InChI is InChI=1S/C29H51IO13S/c1-28-2-4-29(5-3-28)44(31,32)43-27-26-42-25-24-41-23-22-40-21-20-39-19-18-38-17-16-37-15-14-36-13-12-35-11-10-34-9-8-33-7-6-30/h2-5H,6-27H2,1H3. The van der Waals surface area contributed by atoms with Crippen LogP contribution in [0.25, 0.3) is 0 Å². The first-order chi connectivity index (χ1) is 21.6. The van der Waals surface area contributed by atoms with Gasteiger partial charge in [0.25, 0.3) is 10.1 Å². The predicted molar refractivity (Wildman–Crippen MR) is 171 cm³/mol. The Morgan fingerprint density at radius 3 is 0.955 bits per heavy atom. The summed E-state index contributed by atoms with van der Waals surface area (Å²) >= 11 is 2.27. The molecule has 15 heteroatoms. The highest BCUT2D eigenvalue weighted by Gasteiger charge is 2.14. The Kier molecular flexibility index (Phi) is 29.3. The van der Waals surface area contributed by atoms with Gasteiger partial charge in [-0.1, -0.05) is 40.3 Å². The van der Waals surface area contributed by atoms with E-state index in [0.29, 0.717) is 119 Å². The molecule has 258 valence electrons. The highest BCUT2D eigenvalue weighted by molar-refractivity contribution is 14.1. The Morgan fingerprint density at radius 2 is 0.682 bits per heavy atom. The zero-order valence-electron chi connectivity index (χ0n) is 26.0. The molecule has 0 fully saturated rings. The molecule has 0 heterocycles. The van der Waals surface area contributed by atoms with Crippen LogP contribution in [-0.2, 0) is 61.7 Å². The summed E-state index contributed by atoms with van der Waals surface area (Å²) in [6, 6.07) is 6.48. The third-order valence-corrected chi connectivity index (χ3v) is 7.11. The monoisotopic (exact) mass is 766 g/mol. The molecule has 0 aliphatic rings. The van der Waals surface area contributed by atoms with Gasteiger partial charge in [0.2, 0.25) is 0 Å². The van der Waals surface area contributed by atoms with Gasteiger partial charge in [0.1, 0.15) is 0 Å². The maximum atomic E-state index is 12.1. The van der Waals surface area contributed by atoms with E-state index in [1.165, 1.54) is 12.1 Å². The molecule has 0 atom stereocenters. The Labute approximate surface area is 276 Å². The van der Waals surface area contributed by atoms with E-state index in [1.54, 1.807) is 12.1 Å². The first-order valence-electron chi connectivity index (χ1n) is 14.9. The summed E-state index contributed by atoms with van der Waals surface area (Å²) in [5.41, 5.74) is 0.976. The largest absolute Gasteiger partial charge is 0.378 e. The van der Waals surface area contributed by atoms with Crippen LogP contribution in [0.15, 0.2) is 29.2 Å². The average Bonchev–Trinajstić information content (AvgIpc) is 3.02. The van der Waals surface area contributed by atoms with E-state index in [-0.39, 0.29) is 18.1 Å². The fourth-order valence-corrected chi connectivity index (χ4v) is 4.32. The van der Waals surface area contributed by atoms with Gasteiger partial charge in [-0.2, -0.15) is 8.42 Å². The number of aryl methyl sites for hydroxylation is 1. The van der Waals surface area contributed by atoms with Gasteiger partial charge in [-0.3, -0.25) is 4.18 Å². The lowest BCUT2D eigenvalue weighted by Gasteiger charge is -2.09. The molecule has 0 spiro atoms. The number of hydrogen-bond donors (Lipinski definition) is 0. The van der Waals surface area contributed by atoms with Gasteiger partial charge in [0.15, 0.2) is 0 Å². The highest BCUT2D eigenvalue weighted by atomic mass is 127. The van der Waals surface area contributed by atoms with E-state index in [0.717, 1.165) is 16.6 Å². The number of alkyl halides is 1. The lowest BCUT2D eigenvalue weighted by Crippen LogP contribution is -2.15. The molecule has 0 amide bonds. The van der Waals surface area contributed by atoms with Gasteiger partial charge < -0.3 is 47.4 Å². The quantitative estimate of drug-likeness (QED) is 0.0440. The van der Waals surface area contributed by atoms with E-state index in [1.807, 2.05) is 6.92 Å². The van der Waals surface area contributed by atoms with E-state index in [4.69, 9.17) is 51.6 Å². The number of ether oxygens (including phenoxy) is 10. The predicted octanol–water partition coefficient (Wildman–Crippen LogP) is 2.30. The molecular formula is C29H51IO13S. The van der Waals surface area contributed by atoms with Crippen molar-refractivity contribution in [3.8, 4) is 0 Å². The molecule has 1 rings (SSSR count). The second kappa shape index (κ2) is 31.1. The molecule has 1 aromatic rings. The maximum Gasteiger partial charge on any atom is 0.297 e. The van der Waals surface area contributed by atoms with Crippen molar-refractivity contribution in [1.29, 1.82) is 0 Å². The zero-order valence-corrected chi connectivity index (χ0v) is 28.9. The Hall–Kier alpha value is -0.540. The molecule has 0 aliphatic carbocycles. The summed E-state index contributed by atoms with van der Waals surface area (Å²) in [7, 11) is -3.77. The van der Waals surface area contributed by atoms with Crippen molar-refractivity contribution >= 4 is 32.7 Å². The number of benzene rings is 1. The van der Waals surface area contributed by atoms with Crippen molar-refractivity contribution in [2.24, 2.45) is 0 Å². The van der Waals surface area contributed by atoms with E-state index >= 15 is 0 Å². The molecule has 0 unspecified atom stereocenters. The van der Waals surface area contributed by atoms with Crippen LogP contribution in [0, 0.1) is 6.92 Å². The summed E-state index contributed by atoms with van der Waals surface area (Å²) < 4.78 is 84.2. The van der Waals surface area contributed by atoms with Gasteiger partial charge in [0, 0.05) is 4.43 Å². The molecule has 0 saturated carbocycles. The Bertz CT molecular complexity index is 846. The lowest BCUT2D eigenvalue weighted by molar-refractivity contribution is -0.0265. The van der Waals surface area contributed by atoms with Crippen molar-refractivity contribution in [2.75, 3.05) is 143 Å². The normalized spacial score (nSPS) is 11.9. The molecular weight excluding hydrogens is 715 g/mol. The molecule has 1 aromatic carbocycles. The van der Waals surface area contributed by atoms with Gasteiger partial charge in [0.05, 0.1) is 144 Å². The average molecular weight is 767 g/mol. The van der Waals surface area contributed by atoms with Crippen molar-refractivity contribution in [1.82, 2.24) is 0 Å². The van der Waals surface area contributed by atoms with Crippen LogP contribution in [0.4, 0.5) is 0 Å². The molecule has 13 nitrogen and oxygen atoms in total. The van der Waals surface area contributed by atoms with E-state index in [9.17, 15) is 8.42 Å². The summed E-state index contributed by atoms with van der Waals surface area (Å²) in [5.74, 6) is 0. The zero-order chi connectivity index (χ0) is 31.8. The van der Waals surface area contributed by atoms with E-state index in [2.05, 4.69) is 22.6 Å². The number of rotatable bonds is 34. The van der Waals surface area contributed by atoms with Gasteiger partial charge >= 0.3 is 0 Å². The van der Waals surface area contributed by atoms with Gasteiger partial charge in [-0.15, -0.1) is 0 Å². The number of hydrogen-bond acceptors (Lipinski definition) is 13. The topological polar surface area (TPSA) is 136 Å². The lowest BCUT2D eigenvalue weighted by atomic mass is 10.2. The molecule has 44 heavy (non-hydrogen) atoms. The van der Waals surface area contributed by atoms with Crippen LogP contribution in [0.5, 0.6) is 0 Å². The summed E-state index contributed by atoms with van der Waals surface area (Å²) in [4.78, 5) is 0.129. The molecule has 0 bridgehead atoms. The fourth-order valence-electron chi connectivity index (χ4n) is 3.11. The third-order valence-electron chi connectivity index (χ3n) is 5.35. The SMILES string of the molecule is Cc1ccc(S(=O)(=O)OCCOCCOCCOCCOCCOCCOCCOCCOCCOCCOCCI)cc1. The Morgan fingerprint density at radius 1 is 0.432 bits per heavy atom. The second-order valence-electron chi connectivity index (χ2n) is 8.90. The highest BCUT2D eigenvalue weighted by Crippen LogP contribution is 2.12. The minimum atomic E-state index is -3.77. The summed E-state index contributed by atoms with van der Waals surface area (Å²) in [6.45, 7) is 11.6. The third kappa shape index (κ3) is 26.7.